The number of nitrogens with zero attached hydrogens (tertiary/aromatic N) is 2. The van der Waals surface area contributed by atoms with E-state index in [1.165, 1.54) is 12.1 Å². The van der Waals surface area contributed by atoms with Gasteiger partial charge in [0.15, 0.2) is 10.5 Å². The molecule has 7 heteroatoms. The second kappa shape index (κ2) is 4.93. The molecule has 0 atom stereocenters. The fourth-order valence-corrected chi connectivity index (χ4v) is 1.03. The van der Waals surface area contributed by atoms with Crippen molar-refractivity contribution in [2.24, 2.45) is 0 Å². The molecule has 0 saturated carbocycles. The van der Waals surface area contributed by atoms with E-state index < -0.39 is 23.1 Å². The van der Waals surface area contributed by atoms with E-state index >= 15 is 0 Å². The highest BCUT2D eigenvalue weighted by atomic mass is 35.5. The molecule has 0 heterocycles. The Morgan fingerprint density at radius 3 is 2.20 bits per heavy atom. The fraction of sp³-hybridized carbons (Fsp3) is 0. The molecule has 1 aromatic carbocycles. The van der Waals surface area contributed by atoms with Crippen LogP contribution in [0.15, 0.2) is 18.2 Å². The third-order valence-electron chi connectivity index (χ3n) is 1.59. The minimum Gasteiger partial charge on any atom is -1.00 e. The van der Waals surface area contributed by atoms with Crippen molar-refractivity contribution in [3.8, 4) is 0 Å². The predicted octanol–water partition coefficient (Wildman–Crippen LogP) is -1.43. The van der Waals surface area contributed by atoms with E-state index in [0.717, 1.165) is 6.07 Å². The van der Waals surface area contributed by atoms with Crippen LogP contribution in [0, 0.1) is 5.39 Å². The standard InChI is InChI=1S/C8H4N2O4.ClH/c9-10-5-3-1-2-4(7(11)12)6(5)8(13)14;/h1-3H,(H-,11,12,13,14);1H. The zero-order chi connectivity index (χ0) is 10.7. The van der Waals surface area contributed by atoms with Crippen LogP contribution in [0.25, 0.3) is 4.98 Å². The van der Waals surface area contributed by atoms with Gasteiger partial charge in [-0.15, -0.1) is 0 Å². The molecule has 0 aliphatic heterocycles. The minimum absolute atomic E-state index is 0. The van der Waals surface area contributed by atoms with Gasteiger partial charge in [0, 0.05) is 6.07 Å². The smallest absolute Gasteiger partial charge is 0.400 e. The Hall–Kier alpha value is -2.13. The molecule has 0 aromatic heterocycles. The van der Waals surface area contributed by atoms with Gasteiger partial charge >= 0.3 is 17.6 Å². The molecule has 0 aliphatic carbocycles. The Bertz CT molecular complexity index is 452. The van der Waals surface area contributed by atoms with Gasteiger partial charge in [-0.05, 0) is 6.07 Å². The summed E-state index contributed by atoms with van der Waals surface area (Å²) in [6.07, 6.45) is 0. The maximum absolute atomic E-state index is 10.7. The number of carboxylic acids is 2. The molecule has 2 N–H and O–H groups in total. The van der Waals surface area contributed by atoms with Crippen molar-refractivity contribution >= 4 is 17.6 Å². The third kappa shape index (κ3) is 2.42. The van der Waals surface area contributed by atoms with E-state index in [0.29, 0.717) is 0 Å². The number of hydrogen-bond acceptors (Lipinski definition) is 3. The predicted molar refractivity (Wildman–Crippen MR) is 45.1 cm³/mol. The molecule has 78 valence electrons. The normalized spacial score (nSPS) is 8.47. The number of carbonyl (C=O) groups is 2. The highest BCUT2D eigenvalue weighted by Gasteiger charge is 2.26. The van der Waals surface area contributed by atoms with Crippen molar-refractivity contribution in [1.29, 1.82) is 5.39 Å². The molecule has 1 rings (SSSR count). The van der Waals surface area contributed by atoms with E-state index in [1.807, 2.05) is 0 Å². The lowest BCUT2D eigenvalue weighted by Crippen LogP contribution is -3.00. The molecule has 6 nitrogen and oxygen atoms in total. The van der Waals surface area contributed by atoms with Crippen LogP contribution in [0.5, 0.6) is 0 Å². The average Bonchev–Trinajstić information content (AvgIpc) is 2.16. The lowest BCUT2D eigenvalue weighted by molar-refractivity contribution is -0.0000325. The lowest BCUT2D eigenvalue weighted by atomic mass is 10.1. The molecule has 0 aliphatic rings. The monoisotopic (exact) mass is 228 g/mol. The van der Waals surface area contributed by atoms with Crippen molar-refractivity contribution in [3.63, 3.8) is 0 Å². The molecule has 0 spiro atoms. The molecule has 0 fully saturated rings. The second-order valence-corrected chi connectivity index (χ2v) is 2.41. The Balaban J connectivity index is 0.00000196. The topological polar surface area (TPSA) is 103 Å². The van der Waals surface area contributed by atoms with Gasteiger partial charge in [0.1, 0.15) is 0 Å². The first-order valence-corrected chi connectivity index (χ1v) is 3.52. The van der Waals surface area contributed by atoms with Crippen LogP contribution in [0.3, 0.4) is 0 Å². The van der Waals surface area contributed by atoms with Crippen molar-refractivity contribution in [1.82, 2.24) is 0 Å². The molecular weight excluding hydrogens is 224 g/mol. The zero-order valence-electron chi connectivity index (χ0n) is 7.22. The summed E-state index contributed by atoms with van der Waals surface area (Å²) in [4.78, 5) is 24.0. The first-order chi connectivity index (χ1) is 6.57. The van der Waals surface area contributed by atoms with E-state index in [2.05, 4.69) is 4.98 Å². The van der Waals surface area contributed by atoms with Gasteiger partial charge in [-0.2, -0.15) is 0 Å². The molecule has 1 aromatic rings. The van der Waals surface area contributed by atoms with Gasteiger partial charge in [0.2, 0.25) is 5.39 Å². The summed E-state index contributed by atoms with van der Waals surface area (Å²) >= 11 is 0. The number of benzene rings is 1. The maximum atomic E-state index is 10.7. The summed E-state index contributed by atoms with van der Waals surface area (Å²) in [6, 6.07) is 3.63. The first-order valence-electron chi connectivity index (χ1n) is 3.52. The lowest BCUT2D eigenvalue weighted by Gasteiger charge is -1.96. The van der Waals surface area contributed by atoms with Gasteiger partial charge in [-0.1, -0.05) is 6.07 Å². The summed E-state index contributed by atoms with van der Waals surface area (Å²) in [6.45, 7) is 0. The van der Waals surface area contributed by atoms with Crippen molar-refractivity contribution in [3.05, 3.63) is 34.3 Å². The minimum atomic E-state index is -1.45. The van der Waals surface area contributed by atoms with Gasteiger partial charge in [0.25, 0.3) is 0 Å². The van der Waals surface area contributed by atoms with Crippen molar-refractivity contribution in [2.75, 3.05) is 0 Å². The van der Waals surface area contributed by atoms with E-state index in [4.69, 9.17) is 15.6 Å². The third-order valence-corrected chi connectivity index (χ3v) is 1.59. The SMILES string of the molecule is N#[N+]c1cccc(C(=O)O)c1C(=O)O.[Cl-]. The summed E-state index contributed by atoms with van der Waals surface area (Å²) in [5.41, 5.74) is -1.22. The molecule has 0 unspecified atom stereocenters. The van der Waals surface area contributed by atoms with Crippen LogP contribution >= 0.6 is 0 Å². The summed E-state index contributed by atoms with van der Waals surface area (Å²) in [7, 11) is 0. The average molecular weight is 229 g/mol. The van der Waals surface area contributed by atoms with Crippen LogP contribution < -0.4 is 12.4 Å². The van der Waals surface area contributed by atoms with Crippen molar-refractivity contribution in [2.45, 2.75) is 0 Å². The molecule has 0 saturated heterocycles. The summed E-state index contributed by atoms with van der Waals surface area (Å²) in [5, 5.41) is 25.8. The fourth-order valence-electron chi connectivity index (χ4n) is 1.03. The van der Waals surface area contributed by atoms with Crippen molar-refractivity contribution < 1.29 is 32.2 Å². The van der Waals surface area contributed by atoms with Crippen LogP contribution in [-0.2, 0) is 0 Å². The Morgan fingerprint density at radius 1 is 1.20 bits per heavy atom. The van der Waals surface area contributed by atoms with E-state index in [-0.39, 0.29) is 18.1 Å². The Labute approximate surface area is 90.2 Å². The number of halogens is 1. The van der Waals surface area contributed by atoms with Crippen LogP contribution in [0.2, 0.25) is 0 Å². The summed E-state index contributed by atoms with van der Waals surface area (Å²) in [5.74, 6) is -2.83. The van der Waals surface area contributed by atoms with Gasteiger partial charge < -0.3 is 22.6 Å². The maximum Gasteiger partial charge on any atom is 0.400 e. The van der Waals surface area contributed by atoms with Gasteiger partial charge in [0.05, 0.1) is 5.56 Å². The Kier molecular flexibility index (Phi) is 4.23. The number of rotatable bonds is 2. The number of hydrogen-bond donors (Lipinski definition) is 2. The molecule has 0 radical (unpaired) electrons. The first kappa shape index (κ1) is 12.9. The van der Waals surface area contributed by atoms with Gasteiger partial charge in [-0.25, -0.2) is 9.59 Å². The highest BCUT2D eigenvalue weighted by Crippen LogP contribution is 2.22. The van der Waals surface area contributed by atoms with Crippen LogP contribution in [0.4, 0.5) is 5.69 Å². The zero-order valence-corrected chi connectivity index (χ0v) is 7.97. The van der Waals surface area contributed by atoms with E-state index in [1.54, 1.807) is 0 Å². The Morgan fingerprint density at radius 2 is 1.80 bits per heavy atom. The van der Waals surface area contributed by atoms with E-state index in [9.17, 15) is 9.59 Å². The molecule has 15 heavy (non-hydrogen) atoms. The second-order valence-electron chi connectivity index (χ2n) is 2.41. The van der Waals surface area contributed by atoms with Crippen LogP contribution in [-0.4, -0.2) is 22.2 Å². The molecule has 0 bridgehead atoms. The highest BCUT2D eigenvalue weighted by molar-refractivity contribution is 6.05. The molecule has 0 amide bonds. The number of carboxylic acid groups (broad SMARTS) is 2. The number of diazo groups is 1. The largest absolute Gasteiger partial charge is 1.00 e. The van der Waals surface area contributed by atoms with Gasteiger partial charge in [-0.3, -0.25) is 0 Å². The molecular formula is C8H5ClN2O4. The number of aromatic carboxylic acids is 2. The quantitative estimate of drug-likeness (QED) is 0.604. The summed E-state index contributed by atoms with van der Waals surface area (Å²) < 4.78 is 0. The van der Waals surface area contributed by atoms with Crippen LogP contribution in [0.1, 0.15) is 20.7 Å².